The molecule has 1 heterocycles. The number of nitrogens with one attached hydrogen (secondary N) is 1. The maximum Gasteiger partial charge on any atom is 0.326 e. The summed E-state index contributed by atoms with van der Waals surface area (Å²) in [4.78, 5) is 12.2. The molecule has 1 aromatic heterocycles. The monoisotopic (exact) mass is 377 g/mol. The summed E-state index contributed by atoms with van der Waals surface area (Å²) in [5.74, 6) is -0.135. The molecule has 19 heavy (non-hydrogen) atoms. The first kappa shape index (κ1) is 14.8. The van der Waals surface area contributed by atoms with Gasteiger partial charge >= 0.3 is 5.97 Å². The van der Waals surface area contributed by atoms with E-state index in [4.69, 9.17) is 4.74 Å². The summed E-state index contributed by atoms with van der Waals surface area (Å²) in [5, 5.41) is 7.56. The van der Waals surface area contributed by atoms with Crippen LogP contribution in [0.15, 0.2) is 12.4 Å². The highest BCUT2D eigenvalue weighted by atomic mass is 127. The summed E-state index contributed by atoms with van der Waals surface area (Å²) in [6.07, 6.45) is 7.50. The number of carbonyl (C=O) groups is 1. The van der Waals surface area contributed by atoms with E-state index in [1.165, 1.54) is 0 Å². The molecule has 1 N–H and O–H groups in total. The van der Waals surface area contributed by atoms with E-state index in [0.717, 1.165) is 29.3 Å². The summed E-state index contributed by atoms with van der Waals surface area (Å²) < 4.78 is 8.33. The lowest BCUT2D eigenvalue weighted by molar-refractivity contribution is -0.153. The smallest absolute Gasteiger partial charge is 0.326 e. The van der Waals surface area contributed by atoms with Gasteiger partial charge in [-0.25, -0.2) is 0 Å². The Bertz CT molecular complexity index is 449. The molecular formula is C13H20IN3O2. The Morgan fingerprint density at radius 3 is 3.11 bits per heavy atom. The molecule has 1 aliphatic carbocycles. The Morgan fingerprint density at radius 1 is 1.74 bits per heavy atom. The lowest BCUT2D eigenvalue weighted by Crippen LogP contribution is -2.54. The largest absolute Gasteiger partial charge is 0.465 e. The van der Waals surface area contributed by atoms with E-state index >= 15 is 0 Å². The molecule has 0 amide bonds. The molecule has 2 unspecified atom stereocenters. The first-order chi connectivity index (χ1) is 9.11. The van der Waals surface area contributed by atoms with Crippen molar-refractivity contribution in [1.29, 1.82) is 0 Å². The predicted molar refractivity (Wildman–Crippen MR) is 80.9 cm³/mol. The minimum absolute atomic E-state index is 0.135. The SMILES string of the molecule is CCOC(=O)C1(NC)CCCC(n2cc(I)cn2)C1. The van der Waals surface area contributed by atoms with Crippen LogP contribution in [-0.4, -0.2) is 34.9 Å². The summed E-state index contributed by atoms with van der Waals surface area (Å²) >= 11 is 2.25. The third-order valence-corrected chi connectivity index (χ3v) is 4.37. The fourth-order valence-electron chi connectivity index (χ4n) is 2.77. The predicted octanol–water partition coefficient (Wildman–Crippen LogP) is 2.12. The number of hydrogen-bond acceptors (Lipinski definition) is 4. The molecule has 1 aliphatic rings. The normalized spacial score (nSPS) is 27.2. The molecule has 106 valence electrons. The molecule has 0 radical (unpaired) electrons. The van der Waals surface area contributed by atoms with Crippen LogP contribution in [0.3, 0.4) is 0 Å². The highest BCUT2D eigenvalue weighted by Crippen LogP contribution is 2.36. The van der Waals surface area contributed by atoms with Gasteiger partial charge in [-0.3, -0.25) is 9.48 Å². The fraction of sp³-hybridized carbons (Fsp3) is 0.692. The zero-order valence-electron chi connectivity index (χ0n) is 11.4. The van der Waals surface area contributed by atoms with Crippen LogP contribution in [0.1, 0.15) is 38.6 Å². The Balaban J connectivity index is 2.16. The Labute approximate surface area is 127 Å². The van der Waals surface area contributed by atoms with Gasteiger partial charge in [0.15, 0.2) is 0 Å². The summed E-state index contributed by atoms with van der Waals surface area (Å²) in [6.45, 7) is 2.27. The lowest BCUT2D eigenvalue weighted by atomic mass is 9.79. The van der Waals surface area contributed by atoms with Crippen molar-refractivity contribution < 1.29 is 9.53 Å². The van der Waals surface area contributed by atoms with Gasteiger partial charge < -0.3 is 10.1 Å². The van der Waals surface area contributed by atoms with Crippen LogP contribution < -0.4 is 5.32 Å². The molecule has 0 spiro atoms. The zero-order chi connectivity index (χ0) is 13.9. The highest BCUT2D eigenvalue weighted by Gasteiger charge is 2.43. The van der Waals surface area contributed by atoms with Crippen molar-refractivity contribution in [3.05, 3.63) is 16.0 Å². The number of nitrogens with zero attached hydrogens (tertiary/aromatic N) is 2. The highest BCUT2D eigenvalue weighted by molar-refractivity contribution is 14.1. The molecule has 1 saturated carbocycles. The second kappa shape index (κ2) is 6.21. The Morgan fingerprint density at radius 2 is 2.53 bits per heavy atom. The third-order valence-electron chi connectivity index (χ3n) is 3.81. The number of esters is 1. The number of carbonyl (C=O) groups excluding carboxylic acids is 1. The average Bonchev–Trinajstić information content (AvgIpc) is 2.86. The van der Waals surface area contributed by atoms with E-state index in [2.05, 4.69) is 33.0 Å². The number of halogens is 1. The van der Waals surface area contributed by atoms with Gasteiger partial charge in [-0.2, -0.15) is 5.10 Å². The molecule has 6 heteroatoms. The van der Waals surface area contributed by atoms with E-state index in [1.807, 2.05) is 31.0 Å². The van der Waals surface area contributed by atoms with Gasteiger partial charge in [0.05, 0.1) is 22.4 Å². The van der Waals surface area contributed by atoms with Crippen molar-refractivity contribution in [2.75, 3.05) is 13.7 Å². The van der Waals surface area contributed by atoms with Gasteiger partial charge in [0, 0.05) is 6.20 Å². The van der Waals surface area contributed by atoms with Crippen molar-refractivity contribution >= 4 is 28.6 Å². The van der Waals surface area contributed by atoms with Crippen molar-refractivity contribution in [3.8, 4) is 0 Å². The van der Waals surface area contributed by atoms with Crippen LogP contribution in [0.2, 0.25) is 0 Å². The molecule has 0 bridgehead atoms. The molecule has 0 saturated heterocycles. The Hall–Kier alpha value is -0.630. The van der Waals surface area contributed by atoms with Crippen molar-refractivity contribution in [2.45, 2.75) is 44.2 Å². The number of likely N-dealkylation sites (N-methyl/N-ethyl adjacent to an activating group) is 1. The average molecular weight is 377 g/mol. The van der Waals surface area contributed by atoms with Gasteiger partial charge in [0.1, 0.15) is 5.54 Å². The summed E-state index contributed by atoms with van der Waals surface area (Å²) in [5.41, 5.74) is -0.559. The van der Waals surface area contributed by atoms with Crippen molar-refractivity contribution in [3.63, 3.8) is 0 Å². The van der Waals surface area contributed by atoms with E-state index in [1.54, 1.807) is 0 Å². The number of ether oxygens (including phenoxy) is 1. The van der Waals surface area contributed by atoms with Gasteiger partial charge in [-0.15, -0.1) is 0 Å². The van der Waals surface area contributed by atoms with Crippen LogP contribution in [0.5, 0.6) is 0 Å². The van der Waals surface area contributed by atoms with Crippen LogP contribution >= 0.6 is 22.6 Å². The van der Waals surface area contributed by atoms with Gasteiger partial charge in [-0.05, 0) is 62.2 Å². The molecule has 0 aliphatic heterocycles. The van der Waals surface area contributed by atoms with Crippen molar-refractivity contribution in [2.24, 2.45) is 0 Å². The summed E-state index contributed by atoms with van der Waals surface area (Å²) in [6, 6.07) is 0.258. The number of rotatable bonds is 4. The van der Waals surface area contributed by atoms with E-state index in [9.17, 15) is 4.79 Å². The van der Waals surface area contributed by atoms with Crippen molar-refractivity contribution in [1.82, 2.24) is 15.1 Å². The molecule has 0 aromatic carbocycles. The second-order valence-corrected chi connectivity index (χ2v) is 6.19. The van der Waals surface area contributed by atoms with Crippen LogP contribution in [0.4, 0.5) is 0 Å². The maximum absolute atomic E-state index is 12.2. The number of hydrogen-bond donors (Lipinski definition) is 1. The standard InChI is InChI=1S/C13H20IN3O2/c1-3-19-12(18)13(15-2)6-4-5-11(7-13)17-9-10(14)8-16-17/h8-9,11,15H,3-7H2,1-2H3. The molecule has 2 atom stereocenters. The van der Waals surface area contributed by atoms with E-state index in [-0.39, 0.29) is 12.0 Å². The zero-order valence-corrected chi connectivity index (χ0v) is 13.5. The molecule has 2 rings (SSSR count). The van der Waals surface area contributed by atoms with Crippen LogP contribution in [-0.2, 0) is 9.53 Å². The molecule has 1 aromatic rings. The fourth-order valence-corrected chi connectivity index (χ4v) is 3.18. The molecule has 1 fully saturated rings. The topological polar surface area (TPSA) is 56.1 Å². The summed E-state index contributed by atoms with van der Waals surface area (Å²) in [7, 11) is 1.84. The van der Waals surface area contributed by atoms with Gasteiger partial charge in [0.25, 0.3) is 0 Å². The minimum atomic E-state index is -0.559. The molecule has 5 nitrogen and oxygen atoms in total. The number of aromatic nitrogens is 2. The Kier molecular flexibility index (Phi) is 4.83. The third kappa shape index (κ3) is 3.10. The minimum Gasteiger partial charge on any atom is -0.465 e. The maximum atomic E-state index is 12.2. The lowest BCUT2D eigenvalue weighted by Gasteiger charge is -2.38. The second-order valence-electron chi connectivity index (χ2n) is 4.94. The van der Waals surface area contributed by atoms with Gasteiger partial charge in [-0.1, -0.05) is 0 Å². The quantitative estimate of drug-likeness (QED) is 0.645. The van der Waals surface area contributed by atoms with Crippen LogP contribution in [0, 0.1) is 3.57 Å². The van der Waals surface area contributed by atoms with E-state index in [0.29, 0.717) is 6.61 Å². The van der Waals surface area contributed by atoms with E-state index < -0.39 is 5.54 Å². The van der Waals surface area contributed by atoms with Crippen LogP contribution in [0.25, 0.3) is 0 Å². The first-order valence-electron chi connectivity index (χ1n) is 6.67. The first-order valence-corrected chi connectivity index (χ1v) is 7.75. The molecular weight excluding hydrogens is 357 g/mol. The van der Waals surface area contributed by atoms with Gasteiger partial charge in [0.2, 0.25) is 0 Å².